The molecule has 1 amide bonds. The number of anilines is 3. The minimum Gasteiger partial charge on any atom is -0.351 e. The second-order valence-corrected chi connectivity index (χ2v) is 6.86. The largest absolute Gasteiger partial charge is 0.351 e. The fourth-order valence-electron chi connectivity index (χ4n) is 2.35. The van der Waals surface area contributed by atoms with Gasteiger partial charge in [0.1, 0.15) is 5.82 Å². The van der Waals surface area contributed by atoms with Crippen LogP contribution in [-0.4, -0.2) is 10.9 Å². The van der Waals surface area contributed by atoms with E-state index in [0.29, 0.717) is 11.3 Å². The molecule has 26 heavy (non-hydrogen) atoms. The number of pyridine rings is 1. The highest BCUT2D eigenvalue weighted by Gasteiger charge is 2.13. The number of carbonyl (C=O) groups is 1. The van der Waals surface area contributed by atoms with Crippen molar-refractivity contribution in [2.24, 2.45) is 0 Å². The molecule has 3 N–H and O–H groups in total. The van der Waals surface area contributed by atoms with Gasteiger partial charge in [-0.05, 0) is 71.5 Å². The van der Waals surface area contributed by atoms with Crippen molar-refractivity contribution in [3.8, 4) is 0 Å². The van der Waals surface area contributed by atoms with Crippen LogP contribution in [0.3, 0.4) is 0 Å². The van der Waals surface area contributed by atoms with E-state index in [2.05, 4.69) is 21.2 Å². The minimum atomic E-state index is -0.398. The molecule has 0 aliphatic carbocycles. The number of amides is 1. The van der Waals surface area contributed by atoms with Crippen molar-refractivity contribution in [3.63, 3.8) is 0 Å². The molecular formula is C19H16FIN4O. The van der Waals surface area contributed by atoms with Crippen LogP contribution in [0.25, 0.3) is 0 Å². The predicted molar refractivity (Wildman–Crippen MR) is 109 cm³/mol. The number of aryl methyl sites for hydroxylation is 1. The summed E-state index contributed by atoms with van der Waals surface area (Å²) in [4.78, 5) is 16.5. The first kappa shape index (κ1) is 18.1. The minimum absolute atomic E-state index is 0.277. The molecule has 0 unspecified atom stereocenters. The zero-order chi connectivity index (χ0) is 18.5. The quantitative estimate of drug-likeness (QED) is 0.382. The van der Waals surface area contributed by atoms with Crippen LogP contribution in [0.1, 0.15) is 15.9 Å². The number of halogens is 2. The number of hydrogen-bond donors (Lipinski definition) is 3. The lowest BCUT2D eigenvalue weighted by Gasteiger charge is -2.13. The number of nitrogens with zero attached hydrogens (tertiary/aromatic N) is 1. The number of hydrogen-bond acceptors (Lipinski definition) is 4. The standard InChI is InChI=1S/C19H16FIN4O/c1-12-3-2-4-14(9-12)24-25-19(26)15-7-8-22-11-18(15)23-17-6-5-13(21)10-16(17)20/h2-11,23-24H,1H3,(H,25,26). The molecule has 7 heteroatoms. The first-order chi connectivity index (χ1) is 12.5. The monoisotopic (exact) mass is 462 g/mol. The second-order valence-electron chi connectivity index (χ2n) is 5.62. The molecule has 132 valence electrons. The molecule has 3 rings (SSSR count). The van der Waals surface area contributed by atoms with Gasteiger partial charge in [-0.2, -0.15) is 0 Å². The summed E-state index contributed by atoms with van der Waals surface area (Å²) in [5.41, 5.74) is 8.39. The number of aromatic nitrogens is 1. The summed E-state index contributed by atoms with van der Waals surface area (Å²) in [7, 11) is 0. The highest BCUT2D eigenvalue weighted by atomic mass is 127. The lowest BCUT2D eigenvalue weighted by Crippen LogP contribution is -2.30. The number of nitrogens with one attached hydrogen (secondary N) is 3. The van der Waals surface area contributed by atoms with Gasteiger partial charge in [-0.3, -0.25) is 20.6 Å². The van der Waals surface area contributed by atoms with E-state index in [1.54, 1.807) is 18.2 Å². The van der Waals surface area contributed by atoms with Gasteiger partial charge in [-0.1, -0.05) is 12.1 Å². The topological polar surface area (TPSA) is 66.0 Å². The van der Waals surface area contributed by atoms with Gasteiger partial charge in [0.05, 0.1) is 28.8 Å². The Morgan fingerprint density at radius 3 is 2.73 bits per heavy atom. The fraction of sp³-hybridized carbons (Fsp3) is 0.0526. The van der Waals surface area contributed by atoms with Crippen molar-refractivity contribution in [2.45, 2.75) is 6.92 Å². The smallest absolute Gasteiger partial charge is 0.271 e. The van der Waals surface area contributed by atoms with Gasteiger partial charge in [-0.25, -0.2) is 4.39 Å². The predicted octanol–water partition coefficient (Wildman–Crippen LogP) is 4.63. The molecule has 3 aromatic rings. The molecule has 0 bridgehead atoms. The molecule has 2 aromatic carbocycles. The summed E-state index contributed by atoms with van der Waals surface area (Å²) in [5.74, 6) is -0.757. The van der Waals surface area contributed by atoms with E-state index in [-0.39, 0.29) is 11.6 Å². The maximum Gasteiger partial charge on any atom is 0.271 e. The van der Waals surface area contributed by atoms with Gasteiger partial charge >= 0.3 is 0 Å². The van der Waals surface area contributed by atoms with E-state index in [1.807, 2.05) is 53.8 Å². The van der Waals surface area contributed by atoms with E-state index in [1.165, 1.54) is 18.5 Å². The van der Waals surface area contributed by atoms with E-state index < -0.39 is 5.82 Å². The summed E-state index contributed by atoms with van der Waals surface area (Å²) in [6.07, 6.45) is 3.00. The van der Waals surface area contributed by atoms with Crippen LogP contribution in [0.5, 0.6) is 0 Å². The van der Waals surface area contributed by atoms with Gasteiger partial charge in [0.15, 0.2) is 0 Å². The van der Waals surface area contributed by atoms with Gasteiger partial charge < -0.3 is 5.32 Å². The molecule has 1 heterocycles. The Morgan fingerprint density at radius 2 is 1.96 bits per heavy atom. The summed E-state index contributed by atoms with van der Waals surface area (Å²) in [5, 5.41) is 2.93. The van der Waals surface area contributed by atoms with Crippen molar-refractivity contribution in [2.75, 3.05) is 10.7 Å². The van der Waals surface area contributed by atoms with Crippen LogP contribution in [0.2, 0.25) is 0 Å². The van der Waals surface area contributed by atoms with Crippen molar-refractivity contribution >= 4 is 45.6 Å². The van der Waals surface area contributed by atoms with Crippen molar-refractivity contribution in [1.29, 1.82) is 0 Å². The van der Waals surface area contributed by atoms with Crippen LogP contribution in [0, 0.1) is 16.3 Å². The zero-order valence-electron chi connectivity index (χ0n) is 13.9. The molecule has 5 nitrogen and oxygen atoms in total. The van der Waals surface area contributed by atoms with E-state index in [0.717, 1.165) is 14.8 Å². The molecule has 0 fully saturated rings. The maximum atomic E-state index is 14.1. The molecule has 0 aliphatic rings. The number of rotatable bonds is 5. The number of carbonyl (C=O) groups excluding carboxylic acids is 1. The van der Waals surface area contributed by atoms with E-state index in [9.17, 15) is 9.18 Å². The third-order valence-electron chi connectivity index (χ3n) is 3.60. The molecule has 0 radical (unpaired) electrons. The Balaban J connectivity index is 1.76. The molecule has 0 saturated carbocycles. The van der Waals surface area contributed by atoms with Crippen LogP contribution in [0.15, 0.2) is 60.9 Å². The Kier molecular flexibility index (Phi) is 5.67. The lowest BCUT2D eigenvalue weighted by atomic mass is 10.2. The fourth-order valence-corrected chi connectivity index (χ4v) is 2.80. The maximum absolute atomic E-state index is 14.1. The van der Waals surface area contributed by atoms with Crippen LogP contribution in [0.4, 0.5) is 21.5 Å². The van der Waals surface area contributed by atoms with E-state index >= 15 is 0 Å². The molecule has 0 spiro atoms. The molecule has 0 aliphatic heterocycles. The summed E-state index contributed by atoms with van der Waals surface area (Å²) >= 11 is 2.04. The van der Waals surface area contributed by atoms with Gasteiger partial charge in [0, 0.05) is 9.77 Å². The Hall–Kier alpha value is -2.68. The van der Waals surface area contributed by atoms with Crippen LogP contribution in [-0.2, 0) is 0 Å². The van der Waals surface area contributed by atoms with Crippen molar-refractivity contribution in [3.05, 3.63) is 81.4 Å². The molecule has 0 saturated heterocycles. The zero-order valence-corrected chi connectivity index (χ0v) is 16.0. The van der Waals surface area contributed by atoms with E-state index in [4.69, 9.17) is 0 Å². The van der Waals surface area contributed by atoms with Gasteiger partial charge in [-0.15, -0.1) is 0 Å². The second kappa shape index (κ2) is 8.13. The first-order valence-corrected chi connectivity index (χ1v) is 8.90. The van der Waals surface area contributed by atoms with Crippen molar-refractivity contribution < 1.29 is 9.18 Å². The highest BCUT2D eigenvalue weighted by Crippen LogP contribution is 2.23. The SMILES string of the molecule is Cc1cccc(NNC(=O)c2ccncc2Nc2ccc(I)cc2F)c1. The normalized spacial score (nSPS) is 10.3. The third-order valence-corrected chi connectivity index (χ3v) is 4.28. The Bertz CT molecular complexity index is 948. The van der Waals surface area contributed by atoms with Gasteiger partial charge in [0.2, 0.25) is 0 Å². The summed E-state index contributed by atoms with van der Waals surface area (Å²) in [6, 6.07) is 14.0. The first-order valence-electron chi connectivity index (χ1n) is 7.82. The Labute approximate surface area is 164 Å². The number of hydrazine groups is 1. The highest BCUT2D eigenvalue weighted by molar-refractivity contribution is 14.1. The summed E-state index contributed by atoms with van der Waals surface area (Å²) < 4.78 is 14.9. The molecule has 1 aromatic heterocycles. The lowest BCUT2D eigenvalue weighted by molar-refractivity contribution is 0.0963. The molecular weight excluding hydrogens is 446 g/mol. The van der Waals surface area contributed by atoms with Crippen molar-refractivity contribution in [1.82, 2.24) is 10.4 Å². The van der Waals surface area contributed by atoms with Crippen LogP contribution < -0.4 is 16.2 Å². The Morgan fingerprint density at radius 1 is 1.12 bits per heavy atom. The molecule has 0 atom stereocenters. The summed E-state index contributed by atoms with van der Waals surface area (Å²) in [6.45, 7) is 1.97. The third kappa shape index (κ3) is 4.48. The average molecular weight is 462 g/mol. The number of benzene rings is 2. The van der Waals surface area contributed by atoms with Gasteiger partial charge in [0.25, 0.3) is 5.91 Å². The average Bonchev–Trinajstić information content (AvgIpc) is 2.62. The van der Waals surface area contributed by atoms with Crippen LogP contribution >= 0.6 is 22.6 Å².